The van der Waals surface area contributed by atoms with Gasteiger partial charge in [-0.25, -0.2) is 0 Å². The lowest BCUT2D eigenvalue weighted by Gasteiger charge is -2.24. The molecule has 1 atom stereocenters. The number of nitrogens with two attached hydrogens (primary N) is 1. The van der Waals surface area contributed by atoms with Crippen LogP contribution in [0.1, 0.15) is 26.7 Å². The molecule has 1 aliphatic heterocycles. The average molecular weight is 213 g/mol. The third-order valence-electron chi connectivity index (χ3n) is 2.85. The number of likely N-dealkylation sites (N-methyl/N-ethyl adjacent to an activating group) is 1. The highest BCUT2D eigenvalue weighted by Crippen LogP contribution is 2.16. The molecule has 0 aromatic heterocycles. The number of rotatable bonds is 3. The van der Waals surface area contributed by atoms with Crippen LogP contribution in [0.5, 0.6) is 0 Å². The van der Waals surface area contributed by atoms with Crippen LogP contribution in [0.25, 0.3) is 0 Å². The highest BCUT2D eigenvalue weighted by atomic mass is 16.2. The van der Waals surface area contributed by atoms with Crippen molar-refractivity contribution in [2.45, 2.75) is 38.3 Å². The summed E-state index contributed by atoms with van der Waals surface area (Å²) in [4.78, 5) is 16.0. The quantitative estimate of drug-likeness (QED) is 0.732. The van der Waals surface area contributed by atoms with E-state index < -0.39 is 5.54 Å². The maximum atomic E-state index is 11.9. The Labute approximate surface area is 92.4 Å². The van der Waals surface area contributed by atoms with Crippen LogP contribution >= 0.6 is 0 Å². The second kappa shape index (κ2) is 4.49. The Morgan fingerprint density at radius 1 is 1.53 bits per heavy atom. The van der Waals surface area contributed by atoms with Gasteiger partial charge < -0.3 is 15.5 Å². The van der Waals surface area contributed by atoms with Crippen LogP contribution in [-0.4, -0.2) is 54.5 Å². The van der Waals surface area contributed by atoms with Crippen LogP contribution in [0, 0.1) is 0 Å². The van der Waals surface area contributed by atoms with Crippen molar-refractivity contribution < 1.29 is 4.79 Å². The summed E-state index contributed by atoms with van der Waals surface area (Å²) < 4.78 is 0. The van der Waals surface area contributed by atoms with Gasteiger partial charge in [0.15, 0.2) is 0 Å². The first-order chi connectivity index (χ1) is 6.79. The zero-order valence-electron chi connectivity index (χ0n) is 10.3. The summed E-state index contributed by atoms with van der Waals surface area (Å²) in [5.74, 6) is 0.187. The Morgan fingerprint density at radius 3 is 2.53 bits per heavy atom. The molecule has 1 unspecified atom stereocenters. The standard InChI is InChI=1S/C11H23N3O/c1-11(2,12)7-10(15)14-6-5-9(8-14)13(3)4/h9H,5-8,12H2,1-4H3. The normalized spacial score (nSPS) is 22.5. The molecule has 1 heterocycles. The maximum absolute atomic E-state index is 11.9. The fraction of sp³-hybridized carbons (Fsp3) is 0.909. The third-order valence-corrected chi connectivity index (χ3v) is 2.85. The number of amides is 1. The zero-order valence-corrected chi connectivity index (χ0v) is 10.3. The van der Waals surface area contributed by atoms with Crippen molar-refractivity contribution in [1.29, 1.82) is 0 Å². The van der Waals surface area contributed by atoms with E-state index in [4.69, 9.17) is 5.73 Å². The van der Waals surface area contributed by atoms with Crippen LogP contribution in [-0.2, 0) is 4.79 Å². The van der Waals surface area contributed by atoms with Crippen LogP contribution in [0.2, 0.25) is 0 Å². The van der Waals surface area contributed by atoms with Crippen LogP contribution in [0.3, 0.4) is 0 Å². The molecular weight excluding hydrogens is 190 g/mol. The molecule has 2 N–H and O–H groups in total. The SMILES string of the molecule is CN(C)C1CCN(C(=O)CC(C)(C)N)C1. The topological polar surface area (TPSA) is 49.6 Å². The molecule has 0 aliphatic carbocycles. The Kier molecular flexibility index (Phi) is 3.73. The van der Waals surface area contributed by atoms with Gasteiger partial charge in [0.1, 0.15) is 0 Å². The molecule has 0 spiro atoms. The highest BCUT2D eigenvalue weighted by Gasteiger charge is 2.29. The molecule has 0 aromatic carbocycles. The van der Waals surface area contributed by atoms with E-state index >= 15 is 0 Å². The molecule has 1 fully saturated rings. The first-order valence-corrected chi connectivity index (χ1v) is 5.53. The van der Waals surface area contributed by atoms with Crippen molar-refractivity contribution in [1.82, 2.24) is 9.80 Å². The van der Waals surface area contributed by atoms with Gasteiger partial charge in [0.25, 0.3) is 0 Å². The van der Waals surface area contributed by atoms with E-state index in [1.165, 1.54) is 0 Å². The molecule has 1 aliphatic rings. The summed E-state index contributed by atoms with van der Waals surface area (Å²) in [6.07, 6.45) is 1.51. The number of carbonyl (C=O) groups excluding carboxylic acids is 1. The molecule has 1 rings (SSSR count). The molecule has 4 heteroatoms. The van der Waals surface area contributed by atoms with Gasteiger partial charge in [-0.05, 0) is 34.4 Å². The summed E-state index contributed by atoms with van der Waals surface area (Å²) in [6.45, 7) is 5.51. The first kappa shape index (κ1) is 12.5. The van der Waals surface area contributed by atoms with Crippen molar-refractivity contribution in [2.24, 2.45) is 5.73 Å². The van der Waals surface area contributed by atoms with Crippen molar-refractivity contribution in [2.75, 3.05) is 27.2 Å². The van der Waals surface area contributed by atoms with Gasteiger partial charge in [-0.15, -0.1) is 0 Å². The van der Waals surface area contributed by atoms with E-state index in [-0.39, 0.29) is 5.91 Å². The first-order valence-electron chi connectivity index (χ1n) is 5.53. The van der Waals surface area contributed by atoms with Crippen molar-refractivity contribution in [3.63, 3.8) is 0 Å². The number of nitrogens with zero attached hydrogens (tertiary/aromatic N) is 2. The molecule has 15 heavy (non-hydrogen) atoms. The van der Waals surface area contributed by atoms with Gasteiger partial charge >= 0.3 is 0 Å². The van der Waals surface area contributed by atoms with Crippen LogP contribution in [0.15, 0.2) is 0 Å². The molecule has 4 nitrogen and oxygen atoms in total. The van der Waals surface area contributed by atoms with Crippen LogP contribution < -0.4 is 5.73 Å². The highest BCUT2D eigenvalue weighted by molar-refractivity contribution is 5.77. The lowest BCUT2D eigenvalue weighted by Crippen LogP contribution is -2.41. The Balaban J connectivity index is 2.44. The molecular formula is C11H23N3O. The van der Waals surface area contributed by atoms with E-state index in [9.17, 15) is 4.79 Å². The van der Waals surface area contributed by atoms with E-state index in [1.807, 2.05) is 18.7 Å². The molecule has 0 radical (unpaired) electrons. The minimum absolute atomic E-state index is 0.187. The minimum atomic E-state index is -0.396. The average Bonchev–Trinajstić information content (AvgIpc) is 2.47. The smallest absolute Gasteiger partial charge is 0.224 e. The van der Waals surface area contributed by atoms with E-state index in [0.29, 0.717) is 12.5 Å². The van der Waals surface area contributed by atoms with E-state index in [0.717, 1.165) is 19.5 Å². The largest absolute Gasteiger partial charge is 0.341 e. The second-order valence-corrected chi connectivity index (χ2v) is 5.41. The van der Waals surface area contributed by atoms with Gasteiger partial charge in [0, 0.05) is 31.1 Å². The summed E-state index contributed by atoms with van der Waals surface area (Å²) in [7, 11) is 4.12. The molecule has 0 aromatic rings. The molecule has 0 bridgehead atoms. The predicted octanol–water partition coefficient (Wildman–Crippen LogP) is 0.276. The predicted molar refractivity (Wildman–Crippen MR) is 61.6 cm³/mol. The monoisotopic (exact) mass is 213 g/mol. The maximum Gasteiger partial charge on any atom is 0.224 e. The van der Waals surface area contributed by atoms with Gasteiger partial charge in [0.2, 0.25) is 5.91 Å². The molecule has 1 saturated heterocycles. The molecule has 0 saturated carbocycles. The van der Waals surface area contributed by atoms with E-state index in [2.05, 4.69) is 19.0 Å². The molecule has 1 amide bonds. The van der Waals surface area contributed by atoms with Gasteiger partial charge in [-0.3, -0.25) is 4.79 Å². The summed E-state index contributed by atoms with van der Waals surface area (Å²) in [6, 6.07) is 0.509. The Hall–Kier alpha value is -0.610. The van der Waals surface area contributed by atoms with Crippen molar-refractivity contribution in [3.05, 3.63) is 0 Å². The zero-order chi connectivity index (χ0) is 11.6. The summed E-state index contributed by atoms with van der Waals surface area (Å²) in [5, 5.41) is 0. The number of carbonyl (C=O) groups is 1. The van der Waals surface area contributed by atoms with Gasteiger partial charge in [0.05, 0.1) is 0 Å². The Bertz CT molecular complexity index is 232. The van der Waals surface area contributed by atoms with Gasteiger partial charge in [-0.1, -0.05) is 0 Å². The van der Waals surface area contributed by atoms with Crippen LogP contribution in [0.4, 0.5) is 0 Å². The van der Waals surface area contributed by atoms with Gasteiger partial charge in [-0.2, -0.15) is 0 Å². The number of likely N-dealkylation sites (tertiary alicyclic amines) is 1. The molecule has 88 valence electrons. The lowest BCUT2D eigenvalue weighted by atomic mass is 10.0. The summed E-state index contributed by atoms with van der Waals surface area (Å²) in [5.41, 5.74) is 5.44. The fourth-order valence-corrected chi connectivity index (χ4v) is 1.89. The van der Waals surface area contributed by atoms with E-state index in [1.54, 1.807) is 0 Å². The van der Waals surface area contributed by atoms with Crippen molar-refractivity contribution in [3.8, 4) is 0 Å². The minimum Gasteiger partial charge on any atom is -0.341 e. The number of hydrogen-bond acceptors (Lipinski definition) is 3. The van der Waals surface area contributed by atoms with Crippen molar-refractivity contribution >= 4 is 5.91 Å². The Morgan fingerprint density at radius 2 is 2.13 bits per heavy atom. The summed E-state index contributed by atoms with van der Waals surface area (Å²) >= 11 is 0. The second-order valence-electron chi connectivity index (χ2n) is 5.41. The fourth-order valence-electron chi connectivity index (χ4n) is 1.89. The third kappa shape index (κ3) is 3.80. The lowest BCUT2D eigenvalue weighted by molar-refractivity contribution is -0.131. The number of hydrogen-bond donors (Lipinski definition) is 1.